The first-order valence-corrected chi connectivity index (χ1v) is 9.11. The van der Waals surface area contributed by atoms with Gasteiger partial charge in [0, 0.05) is 0 Å². The highest BCUT2D eigenvalue weighted by molar-refractivity contribution is 6.55. The molecule has 0 amide bonds. The zero-order valence-electron chi connectivity index (χ0n) is 15.3. The Morgan fingerprint density at radius 3 is 2.29 bits per heavy atom. The van der Waals surface area contributed by atoms with Crippen molar-refractivity contribution in [2.24, 2.45) is 5.92 Å². The van der Waals surface area contributed by atoms with Gasteiger partial charge in [0.05, 0.1) is 11.2 Å². The van der Waals surface area contributed by atoms with Crippen LogP contribution >= 0.6 is 0 Å². The van der Waals surface area contributed by atoms with Gasteiger partial charge >= 0.3 is 7.12 Å². The fourth-order valence-corrected chi connectivity index (χ4v) is 3.58. The molecule has 2 fully saturated rings. The van der Waals surface area contributed by atoms with Gasteiger partial charge in [0.1, 0.15) is 5.82 Å². The average Bonchev–Trinajstić information content (AvgIpc) is 2.74. The minimum Gasteiger partial charge on any atom is -0.400 e. The minimum atomic E-state index is -0.354. The zero-order valence-corrected chi connectivity index (χ0v) is 15.3. The Labute approximate surface area is 145 Å². The monoisotopic (exact) mass is 330 g/mol. The Hall–Kier alpha value is -1.13. The van der Waals surface area contributed by atoms with E-state index in [1.165, 1.54) is 30.8 Å². The van der Waals surface area contributed by atoms with Gasteiger partial charge in [-0.05, 0) is 69.6 Å². The van der Waals surface area contributed by atoms with E-state index in [9.17, 15) is 4.39 Å². The summed E-state index contributed by atoms with van der Waals surface area (Å²) >= 11 is 0. The van der Waals surface area contributed by atoms with Crippen LogP contribution in [0.5, 0.6) is 0 Å². The van der Waals surface area contributed by atoms with Crippen LogP contribution in [-0.2, 0) is 9.31 Å². The van der Waals surface area contributed by atoms with E-state index in [1.807, 2.05) is 6.07 Å². The lowest BCUT2D eigenvalue weighted by Gasteiger charge is -2.32. The second-order valence-electron chi connectivity index (χ2n) is 8.12. The molecule has 0 spiro atoms. The molecular weight excluding hydrogens is 302 g/mol. The summed E-state index contributed by atoms with van der Waals surface area (Å²) in [6.45, 7) is 8.31. The molecule has 0 bridgehead atoms. The third-order valence-electron chi connectivity index (χ3n) is 5.78. The van der Waals surface area contributed by atoms with Crippen LogP contribution in [0, 0.1) is 11.7 Å². The molecule has 1 aliphatic heterocycles. The van der Waals surface area contributed by atoms with Crippen molar-refractivity contribution in [3.8, 4) is 0 Å². The summed E-state index contributed by atoms with van der Waals surface area (Å²) in [4.78, 5) is 0. The quantitative estimate of drug-likeness (QED) is 0.689. The van der Waals surface area contributed by atoms with Gasteiger partial charge in [-0.15, -0.1) is 0 Å². The predicted octanol–water partition coefficient (Wildman–Crippen LogP) is 5.42. The van der Waals surface area contributed by atoms with Crippen molar-refractivity contribution in [1.29, 1.82) is 0 Å². The van der Waals surface area contributed by atoms with E-state index < -0.39 is 0 Å². The van der Waals surface area contributed by atoms with Gasteiger partial charge in [-0.3, -0.25) is 0 Å². The Bertz CT molecular complexity index is 602. The molecule has 0 aromatic heterocycles. The van der Waals surface area contributed by atoms with Crippen molar-refractivity contribution in [2.45, 2.75) is 71.0 Å². The summed E-state index contributed by atoms with van der Waals surface area (Å²) in [7, 11) is -0.346. The highest BCUT2D eigenvalue weighted by Gasteiger charge is 2.53. The van der Waals surface area contributed by atoms with Crippen molar-refractivity contribution in [3.05, 3.63) is 41.1 Å². The van der Waals surface area contributed by atoms with E-state index in [0.29, 0.717) is 5.92 Å². The summed E-state index contributed by atoms with van der Waals surface area (Å²) in [5.41, 5.74) is 1.34. The van der Waals surface area contributed by atoms with E-state index in [0.717, 1.165) is 18.4 Å². The van der Waals surface area contributed by atoms with Crippen LogP contribution in [0.3, 0.4) is 0 Å². The number of halogens is 1. The second kappa shape index (κ2) is 6.64. The topological polar surface area (TPSA) is 18.5 Å². The number of hydrogen-bond acceptors (Lipinski definition) is 2. The summed E-state index contributed by atoms with van der Waals surface area (Å²) in [5.74, 6) is 0.248. The first-order chi connectivity index (χ1) is 11.3. The van der Waals surface area contributed by atoms with Crippen LogP contribution in [0.1, 0.15) is 65.4 Å². The molecule has 0 N–H and O–H groups in total. The molecule has 1 saturated carbocycles. The second-order valence-corrected chi connectivity index (χ2v) is 8.12. The Kier molecular flexibility index (Phi) is 4.90. The standard InChI is InChI=1S/C20H28BFO2/c1-19(2)20(3,4)24-21(23-19)18(16-10-6-5-7-11-16)14-15-9-8-12-17(22)13-15/h8-9,12-14,16H,5-7,10-11H2,1-4H3/b18-14-. The SMILES string of the molecule is CC1(C)OB(/C(=C\c2cccc(F)c2)C2CCCCC2)OC1(C)C. The molecule has 1 aliphatic carbocycles. The molecule has 1 heterocycles. The van der Waals surface area contributed by atoms with Gasteiger partial charge < -0.3 is 9.31 Å². The van der Waals surface area contributed by atoms with Crippen LogP contribution < -0.4 is 0 Å². The number of rotatable bonds is 3. The molecule has 0 atom stereocenters. The maximum atomic E-state index is 13.6. The molecule has 130 valence electrons. The van der Waals surface area contributed by atoms with Crippen LogP contribution in [0.15, 0.2) is 29.7 Å². The average molecular weight is 330 g/mol. The minimum absolute atomic E-state index is 0.208. The molecule has 0 radical (unpaired) electrons. The zero-order chi connectivity index (χ0) is 17.4. The Morgan fingerprint density at radius 2 is 1.71 bits per heavy atom. The van der Waals surface area contributed by atoms with Crippen LogP contribution in [0.4, 0.5) is 4.39 Å². The lowest BCUT2D eigenvalue weighted by molar-refractivity contribution is 0.00578. The molecule has 2 nitrogen and oxygen atoms in total. The fraction of sp³-hybridized carbons (Fsp3) is 0.600. The first kappa shape index (κ1) is 17.7. The lowest BCUT2D eigenvalue weighted by atomic mass is 9.66. The van der Waals surface area contributed by atoms with Crippen molar-refractivity contribution < 1.29 is 13.7 Å². The van der Waals surface area contributed by atoms with E-state index >= 15 is 0 Å². The van der Waals surface area contributed by atoms with Gasteiger partial charge in [0.2, 0.25) is 0 Å². The molecular formula is C20H28BFO2. The summed E-state index contributed by atoms with van der Waals surface area (Å²) < 4.78 is 26.2. The summed E-state index contributed by atoms with van der Waals surface area (Å²) in [6, 6.07) is 6.75. The Morgan fingerprint density at radius 1 is 1.08 bits per heavy atom. The molecule has 1 aromatic carbocycles. The summed E-state index contributed by atoms with van der Waals surface area (Å²) in [5, 5.41) is 0. The fourth-order valence-electron chi connectivity index (χ4n) is 3.58. The maximum absolute atomic E-state index is 13.6. The third-order valence-corrected chi connectivity index (χ3v) is 5.78. The van der Waals surface area contributed by atoms with E-state index in [1.54, 1.807) is 12.1 Å². The largest absolute Gasteiger partial charge is 0.490 e. The molecule has 1 saturated heterocycles. The maximum Gasteiger partial charge on any atom is 0.490 e. The first-order valence-electron chi connectivity index (χ1n) is 9.11. The van der Waals surface area contributed by atoms with Gasteiger partial charge in [-0.1, -0.05) is 37.5 Å². The predicted molar refractivity (Wildman–Crippen MR) is 97.0 cm³/mol. The number of allylic oxidation sites excluding steroid dienone is 1. The van der Waals surface area contributed by atoms with Crippen molar-refractivity contribution in [3.63, 3.8) is 0 Å². The molecule has 1 aromatic rings. The van der Waals surface area contributed by atoms with Crippen molar-refractivity contribution in [1.82, 2.24) is 0 Å². The number of hydrogen-bond donors (Lipinski definition) is 0. The normalized spacial score (nSPS) is 24.4. The molecule has 0 unspecified atom stereocenters. The van der Waals surface area contributed by atoms with E-state index in [4.69, 9.17) is 9.31 Å². The molecule has 3 rings (SSSR count). The Balaban J connectivity index is 1.94. The number of benzene rings is 1. The molecule has 24 heavy (non-hydrogen) atoms. The van der Waals surface area contributed by atoms with E-state index in [-0.39, 0.29) is 24.1 Å². The van der Waals surface area contributed by atoms with Gasteiger partial charge in [0.25, 0.3) is 0 Å². The highest BCUT2D eigenvalue weighted by Crippen LogP contribution is 2.42. The van der Waals surface area contributed by atoms with Crippen LogP contribution in [0.2, 0.25) is 0 Å². The van der Waals surface area contributed by atoms with Crippen LogP contribution in [0.25, 0.3) is 6.08 Å². The van der Waals surface area contributed by atoms with Gasteiger partial charge in [-0.2, -0.15) is 0 Å². The summed E-state index contributed by atoms with van der Waals surface area (Å²) in [6.07, 6.45) is 8.18. The van der Waals surface area contributed by atoms with Gasteiger partial charge in [-0.25, -0.2) is 4.39 Å². The molecule has 2 aliphatic rings. The molecule has 4 heteroatoms. The van der Waals surface area contributed by atoms with Crippen LogP contribution in [-0.4, -0.2) is 18.3 Å². The van der Waals surface area contributed by atoms with E-state index in [2.05, 4.69) is 33.8 Å². The third kappa shape index (κ3) is 3.60. The van der Waals surface area contributed by atoms with Gasteiger partial charge in [0.15, 0.2) is 0 Å². The van der Waals surface area contributed by atoms with Crippen molar-refractivity contribution in [2.75, 3.05) is 0 Å². The smallest absolute Gasteiger partial charge is 0.400 e. The van der Waals surface area contributed by atoms with Crippen molar-refractivity contribution >= 4 is 13.2 Å². The highest BCUT2D eigenvalue weighted by atomic mass is 19.1. The lowest BCUT2D eigenvalue weighted by Crippen LogP contribution is -2.41.